The van der Waals surface area contributed by atoms with Gasteiger partial charge < -0.3 is 15.4 Å². The van der Waals surface area contributed by atoms with Crippen LogP contribution in [0.2, 0.25) is 5.02 Å². The minimum Gasteiger partial charge on any atom is -0.462 e. The van der Waals surface area contributed by atoms with E-state index in [4.69, 9.17) is 16.3 Å². The largest absolute Gasteiger partial charge is 0.462 e. The molecule has 2 N–H and O–H groups in total. The Kier molecular flexibility index (Phi) is 6.43. The number of carbonyl (C=O) groups is 1. The van der Waals surface area contributed by atoms with E-state index in [0.717, 1.165) is 5.56 Å². The Labute approximate surface area is 177 Å². The number of hydrogen-bond donors (Lipinski definition) is 2. The average molecular weight is 428 g/mol. The standard InChI is InChI=1S/C20H18ClN5O4/c1-3-30-20(27)13-5-8-14(9-6-13)24-18-17(26(28)29)19(23-11-22-18)25-15-7-4-12(2)16(21)10-15/h4-11H,3H2,1-2H3,(H2,22,23,24,25). The van der Waals surface area contributed by atoms with Gasteiger partial charge in [0.25, 0.3) is 0 Å². The molecule has 0 radical (unpaired) electrons. The monoisotopic (exact) mass is 427 g/mol. The van der Waals surface area contributed by atoms with Crippen molar-refractivity contribution in [1.82, 2.24) is 9.97 Å². The van der Waals surface area contributed by atoms with Crippen LogP contribution in [0.4, 0.5) is 28.7 Å². The van der Waals surface area contributed by atoms with Crippen molar-refractivity contribution in [3.8, 4) is 0 Å². The van der Waals surface area contributed by atoms with Gasteiger partial charge in [0.2, 0.25) is 11.6 Å². The van der Waals surface area contributed by atoms with Crippen LogP contribution in [-0.2, 0) is 4.74 Å². The summed E-state index contributed by atoms with van der Waals surface area (Å²) in [5.74, 6) is -0.430. The van der Waals surface area contributed by atoms with E-state index in [9.17, 15) is 14.9 Å². The zero-order chi connectivity index (χ0) is 21.7. The first-order valence-corrected chi connectivity index (χ1v) is 9.33. The first-order valence-electron chi connectivity index (χ1n) is 8.95. The molecule has 154 valence electrons. The Balaban J connectivity index is 1.88. The molecule has 10 heteroatoms. The summed E-state index contributed by atoms with van der Waals surface area (Å²) in [6.07, 6.45) is 1.21. The molecular weight excluding hydrogens is 410 g/mol. The van der Waals surface area contributed by atoms with Gasteiger partial charge in [-0.3, -0.25) is 10.1 Å². The number of benzene rings is 2. The first-order chi connectivity index (χ1) is 14.4. The highest BCUT2D eigenvalue weighted by Crippen LogP contribution is 2.33. The molecular formula is C20H18ClN5O4. The lowest BCUT2D eigenvalue weighted by molar-refractivity contribution is -0.383. The molecule has 1 heterocycles. The Morgan fingerprint density at radius 3 is 2.27 bits per heavy atom. The fraction of sp³-hybridized carbons (Fsp3) is 0.150. The topological polar surface area (TPSA) is 119 Å². The molecule has 0 saturated carbocycles. The minimum atomic E-state index is -0.576. The van der Waals surface area contributed by atoms with Crippen molar-refractivity contribution in [2.45, 2.75) is 13.8 Å². The van der Waals surface area contributed by atoms with Crippen molar-refractivity contribution in [3.05, 3.63) is 75.1 Å². The van der Waals surface area contributed by atoms with Gasteiger partial charge in [-0.2, -0.15) is 0 Å². The van der Waals surface area contributed by atoms with Crippen molar-refractivity contribution in [2.75, 3.05) is 17.2 Å². The molecule has 3 rings (SSSR count). The molecule has 0 aliphatic rings. The van der Waals surface area contributed by atoms with E-state index in [2.05, 4.69) is 20.6 Å². The van der Waals surface area contributed by atoms with E-state index < -0.39 is 10.9 Å². The van der Waals surface area contributed by atoms with Gasteiger partial charge in [-0.25, -0.2) is 14.8 Å². The van der Waals surface area contributed by atoms with Crippen LogP contribution >= 0.6 is 11.6 Å². The van der Waals surface area contributed by atoms with Crippen LogP contribution in [0.25, 0.3) is 0 Å². The van der Waals surface area contributed by atoms with Gasteiger partial charge in [0.15, 0.2) is 0 Å². The summed E-state index contributed by atoms with van der Waals surface area (Å²) in [4.78, 5) is 30.9. The second kappa shape index (κ2) is 9.19. The number of hydrogen-bond acceptors (Lipinski definition) is 8. The number of esters is 1. The molecule has 3 aromatic rings. The highest BCUT2D eigenvalue weighted by molar-refractivity contribution is 6.31. The van der Waals surface area contributed by atoms with E-state index >= 15 is 0 Å². The number of nitrogens with zero attached hydrogens (tertiary/aromatic N) is 3. The van der Waals surface area contributed by atoms with Crippen molar-refractivity contribution < 1.29 is 14.5 Å². The number of nitrogens with one attached hydrogen (secondary N) is 2. The Hall–Kier alpha value is -3.72. The maximum absolute atomic E-state index is 11.8. The number of nitro groups is 1. The molecule has 0 unspecified atom stereocenters. The highest BCUT2D eigenvalue weighted by atomic mass is 35.5. The summed E-state index contributed by atoms with van der Waals surface area (Å²) in [7, 11) is 0. The van der Waals surface area contributed by atoms with Crippen LogP contribution in [0.5, 0.6) is 0 Å². The van der Waals surface area contributed by atoms with E-state index in [1.807, 2.05) is 6.92 Å². The molecule has 0 spiro atoms. The second-order valence-corrected chi connectivity index (χ2v) is 6.60. The molecule has 1 aromatic heterocycles. The number of carbonyl (C=O) groups excluding carboxylic acids is 1. The van der Waals surface area contributed by atoms with Crippen LogP contribution in [0.3, 0.4) is 0 Å². The number of rotatable bonds is 7. The molecule has 0 bridgehead atoms. The summed E-state index contributed by atoms with van der Waals surface area (Å²) in [6.45, 7) is 3.85. The normalized spacial score (nSPS) is 10.4. The third-order valence-electron chi connectivity index (χ3n) is 4.10. The van der Waals surface area contributed by atoms with Crippen molar-refractivity contribution in [3.63, 3.8) is 0 Å². The predicted octanol–water partition coefficient (Wildman–Crippen LogP) is 5.01. The van der Waals surface area contributed by atoms with Crippen LogP contribution in [0, 0.1) is 17.0 Å². The van der Waals surface area contributed by atoms with E-state index in [-0.39, 0.29) is 23.9 Å². The molecule has 0 saturated heterocycles. The highest BCUT2D eigenvalue weighted by Gasteiger charge is 2.23. The fourth-order valence-corrected chi connectivity index (χ4v) is 2.76. The third-order valence-corrected chi connectivity index (χ3v) is 4.51. The van der Waals surface area contributed by atoms with Gasteiger partial charge in [0, 0.05) is 16.4 Å². The third kappa shape index (κ3) is 4.81. The van der Waals surface area contributed by atoms with Crippen LogP contribution in [0.1, 0.15) is 22.8 Å². The van der Waals surface area contributed by atoms with Crippen LogP contribution in [0.15, 0.2) is 48.8 Å². The van der Waals surface area contributed by atoms with Gasteiger partial charge >= 0.3 is 11.7 Å². The summed E-state index contributed by atoms with van der Waals surface area (Å²) in [6, 6.07) is 11.5. The molecule has 9 nitrogen and oxygen atoms in total. The summed E-state index contributed by atoms with van der Waals surface area (Å²) in [5, 5.41) is 18.0. The molecule has 0 fully saturated rings. The van der Waals surface area contributed by atoms with Crippen LogP contribution in [-0.4, -0.2) is 27.5 Å². The number of anilines is 4. The van der Waals surface area contributed by atoms with Crippen molar-refractivity contribution in [2.24, 2.45) is 0 Å². The number of aryl methyl sites for hydroxylation is 1. The lowest BCUT2D eigenvalue weighted by Gasteiger charge is -2.11. The molecule has 2 aromatic carbocycles. The van der Waals surface area contributed by atoms with Gasteiger partial charge in [-0.05, 0) is 55.8 Å². The summed E-state index contributed by atoms with van der Waals surface area (Å²) < 4.78 is 4.94. The van der Waals surface area contributed by atoms with Gasteiger partial charge in [-0.1, -0.05) is 17.7 Å². The lowest BCUT2D eigenvalue weighted by atomic mass is 10.2. The Bertz CT molecular complexity index is 1090. The maximum atomic E-state index is 11.8. The number of halogens is 1. The maximum Gasteiger partial charge on any atom is 0.353 e. The zero-order valence-electron chi connectivity index (χ0n) is 16.2. The van der Waals surface area contributed by atoms with Gasteiger partial charge in [-0.15, -0.1) is 0 Å². The van der Waals surface area contributed by atoms with E-state index in [1.54, 1.807) is 49.4 Å². The quantitative estimate of drug-likeness (QED) is 0.306. The molecule has 0 atom stereocenters. The van der Waals surface area contributed by atoms with Crippen LogP contribution < -0.4 is 10.6 Å². The smallest absolute Gasteiger partial charge is 0.353 e. The predicted molar refractivity (Wildman–Crippen MR) is 114 cm³/mol. The van der Waals surface area contributed by atoms with E-state index in [0.29, 0.717) is 22.0 Å². The van der Waals surface area contributed by atoms with Crippen molar-refractivity contribution in [1.29, 1.82) is 0 Å². The molecule has 0 aliphatic carbocycles. The molecule has 0 amide bonds. The Morgan fingerprint density at radius 1 is 1.10 bits per heavy atom. The summed E-state index contributed by atoms with van der Waals surface area (Å²) >= 11 is 6.12. The first kappa shape index (κ1) is 21.0. The number of ether oxygens (including phenoxy) is 1. The van der Waals surface area contributed by atoms with Gasteiger partial charge in [0.05, 0.1) is 17.1 Å². The fourth-order valence-electron chi connectivity index (χ4n) is 2.58. The summed E-state index contributed by atoms with van der Waals surface area (Å²) in [5.41, 5.74) is 1.99. The molecule has 30 heavy (non-hydrogen) atoms. The number of aromatic nitrogens is 2. The SMILES string of the molecule is CCOC(=O)c1ccc(Nc2ncnc(Nc3ccc(C)c(Cl)c3)c2[N+](=O)[O-])cc1. The second-order valence-electron chi connectivity index (χ2n) is 6.19. The minimum absolute atomic E-state index is 0.000377. The molecule has 0 aliphatic heterocycles. The van der Waals surface area contributed by atoms with E-state index in [1.165, 1.54) is 6.33 Å². The Morgan fingerprint density at radius 2 is 1.70 bits per heavy atom. The lowest BCUT2D eigenvalue weighted by Crippen LogP contribution is -2.06. The zero-order valence-corrected chi connectivity index (χ0v) is 16.9. The van der Waals surface area contributed by atoms with Crippen molar-refractivity contribution >= 4 is 46.3 Å². The average Bonchev–Trinajstić information content (AvgIpc) is 2.71. The van der Waals surface area contributed by atoms with Gasteiger partial charge in [0.1, 0.15) is 6.33 Å².